The average molecular weight is 268 g/mol. The number of fused-ring (bicyclic) bond motifs is 3. The van der Waals surface area contributed by atoms with E-state index in [4.69, 9.17) is 5.73 Å². The van der Waals surface area contributed by atoms with Gasteiger partial charge in [-0.15, -0.1) is 0 Å². The average Bonchev–Trinajstić information content (AvgIpc) is 2.84. The number of nitrogens with zero attached hydrogens (tertiary/aromatic N) is 1. The molecule has 0 bridgehead atoms. The van der Waals surface area contributed by atoms with Crippen LogP contribution in [0.5, 0.6) is 0 Å². The molecule has 0 spiro atoms. The van der Waals surface area contributed by atoms with E-state index in [0.29, 0.717) is 5.52 Å². The summed E-state index contributed by atoms with van der Waals surface area (Å²) < 4.78 is 0. The molecule has 0 radical (unpaired) electrons. The van der Waals surface area contributed by atoms with E-state index in [9.17, 15) is 9.59 Å². The summed E-state index contributed by atoms with van der Waals surface area (Å²) in [6.45, 7) is 0. The minimum Gasteiger partial charge on any atom is -0.364 e. The lowest BCUT2D eigenvalue weighted by Crippen LogP contribution is -2.22. The van der Waals surface area contributed by atoms with Crippen LogP contribution in [0.15, 0.2) is 30.3 Å². The molecule has 100 valence electrons. The molecule has 2 heterocycles. The summed E-state index contributed by atoms with van der Waals surface area (Å²) in [5, 5.41) is 4.18. The molecular weight excluding hydrogens is 256 g/mol. The van der Waals surface area contributed by atoms with E-state index in [0.717, 1.165) is 16.3 Å². The molecule has 0 fully saturated rings. The second-order valence-corrected chi connectivity index (χ2v) is 4.39. The van der Waals surface area contributed by atoms with Crippen molar-refractivity contribution in [1.29, 1.82) is 0 Å². The number of primary amides is 1. The van der Waals surface area contributed by atoms with Crippen LogP contribution in [0.1, 0.15) is 21.0 Å². The van der Waals surface area contributed by atoms with Crippen molar-refractivity contribution in [3.8, 4) is 0 Å². The first-order valence-corrected chi connectivity index (χ1v) is 6.05. The highest BCUT2D eigenvalue weighted by molar-refractivity contribution is 6.15. The maximum Gasteiger partial charge on any atom is 0.271 e. The molecule has 0 unspecified atom stereocenters. The van der Waals surface area contributed by atoms with Gasteiger partial charge in [-0.1, -0.05) is 18.2 Å². The van der Waals surface area contributed by atoms with Crippen molar-refractivity contribution in [2.45, 2.75) is 0 Å². The van der Waals surface area contributed by atoms with Crippen LogP contribution in [-0.2, 0) is 0 Å². The molecule has 20 heavy (non-hydrogen) atoms. The maximum absolute atomic E-state index is 11.9. The predicted molar refractivity (Wildman–Crippen MR) is 75.5 cm³/mol. The van der Waals surface area contributed by atoms with Crippen LogP contribution in [0.4, 0.5) is 0 Å². The number of carbonyl (C=O) groups is 2. The number of nitrogens with one attached hydrogen (secondary N) is 2. The zero-order valence-corrected chi connectivity index (χ0v) is 10.7. The first-order chi connectivity index (χ1) is 9.61. The number of nitrogens with two attached hydrogens (primary N) is 1. The lowest BCUT2D eigenvalue weighted by Gasteiger charge is -2.03. The minimum atomic E-state index is -0.665. The fourth-order valence-corrected chi connectivity index (χ4v) is 2.25. The van der Waals surface area contributed by atoms with Crippen molar-refractivity contribution >= 4 is 33.6 Å². The SMILES string of the molecule is CNC(=O)c1nc(C(N)=O)cc2c1[nH]c1ccccc12. The molecule has 1 aromatic carbocycles. The van der Waals surface area contributed by atoms with Gasteiger partial charge in [-0.25, -0.2) is 4.98 Å². The Bertz CT molecular complexity index is 851. The molecular formula is C14H12N4O2. The Balaban J connectivity index is 2.46. The van der Waals surface area contributed by atoms with Crippen molar-refractivity contribution in [2.24, 2.45) is 5.73 Å². The quantitative estimate of drug-likeness (QED) is 0.650. The summed E-state index contributed by atoms with van der Waals surface area (Å²) in [7, 11) is 1.51. The standard InChI is InChI=1S/C14H12N4O2/c1-16-14(20)12-11-8(6-10(18-12)13(15)19)7-4-2-3-5-9(7)17-11/h2-6,17H,1H3,(H2,15,19)(H,16,20). The number of amides is 2. The molecule has 3 aromatic rings. The summed E-state index contributed by atoms with van der Waals surface area (Å²) >= 11 is 0. The normalized spacial score (nSPS) is 10.8. The Morgan fingerprint density at radius 2 is 2.00 bits per heavy atom. The Morgan fingerprint density at radius 1 is 1.25 bits per heavy atom. The maximum atomic E-state index is 11.9. The summed E-state index contributed by atoms with van der Waals surface area (Å²) in [6.07, 6.45) is 0. The fraction of sp³-hybridized carbons (Fsp3) is 0.0714. The van der Waals surface area contributed by atoms with Gasteiger partial charge >= 0.3 is 0 Å². The number of carbonyl (C=O) groups excluding carboxylic acids is 2. The number of rotatable bonds is 2. The Hall–Kier alpha value is -2.89. The van der Waals surface area contributed by atoms with Crippen LogP contribution in [0.3, 0.4) is 0 Å². The third-order valence-electron chi connectivity index (χ3n) is 3.19. The van der Waals surface area contributed by atoms with Gasteiger partial charge in [-0.05, 0) is 12.1 Å². The zero-order chi connectivity index (χ0) is 14.3. The van der Waals surface area contributed by atoms with Crippen molar-refractivity contribution in [3.05, 3.63) is 41.7 Å². The highest BCUT2D eigenvalue weighted by atomic mass is 16.2. The van der Waals surface area contributed by atoms with E-state index in [1.165, 1.54) is 7.05 Å². The third kappa shape index (κ3) is 1.70. The molecule has 0 aliphatic rings. The van der Waals surface area contributed by atoms with Gasteiger partial charge in [0, 0.05) is 23.3 Å². The van der Waals surface area contributed by atoms with Gasteiger partial charge in [0.05, 0.1) is 5.52 Å². The van der Waals surface area contributed by atoms with E-state index in [1.807, 2.05) is 24.3 Å². The molecule has 6 nitrogen and oxygen atoms in total. The van der Waals surface area contributed by atoms with E-state index in [1.54, 1.807) is 6.07 Å². The van der Waals surface area contributed by atoms with E-state index >= 15 is 0 Å². The number of hydrogen-bond donors (Lipinski definition) is 3. The summed E-state index contributed by atoms with van der Waals surface area (Å²) in [4.78, 5) is 30.5. The molecule has 0 saturated heterocycles. The molecule has 4 N–H and O–H groups in total. The second kappa shape index (κ2) is 4.34. The van der Waals surface area contributed by atoms with Crippen LogP contribution >= 0.6 is 0 Å². The molecule has 2 aromatic heterocycles. The van der Waals surface area contributed by atoms with Crippen molar-refractivity contribution < 1.29 is 9.59 Å². The van der Waals surface area contributed by atoms with Gasteiger partial charge in [0.15, 0.2) is 5.69 Å². The highest BCUT2D eigenvalue weighted by Gasteiger charge is 2.18. The summed E-state index contributed by atoms with van der Waals surface area (Å²) in [5.41, 5.74) is 6.98. The highest BCUT2D eigenvalue weighted by Crippen LogP contribution is 2.27. The monoisotopic (exact) mass is 268 g/mol. The lowest BCUT2D eigenvalue weighted by atomic mass is 10.1. The van der Waals surface area contributed by atoms with E-state index in [-0.39, 0.29) is 17.3 Å². The third-order valence-corrected chi connectivity index (χ3v) is 3.19. The van der Waals surface area contributed by atoms with Gasteiger partial charge in [-0.3, -0.25) is 9.59 Å². The van der Waals surface area contributed by atoms with Crippen LogP contribution in [0.2, 0.25) is 0 Å². The zero-order valence-electron chi connectivity index (χ0n) is 10.7. The van der Waals surface area contributed by atoms with Gasteiger partial charge in [0.1, 0.15) is 5.69 Å². The van der Waals surface area contributed by atoms with Gasteiger partial charge < -0.3 is 16.0 Å². The first kappa shape index (κ1) is 12.2. The molecule has 0 aliphatic heterocycles. The summed E-state index contributed by atoms with van der Waals surface area (Å²) in [5.74, 6) is -1.04. The number of pyridine rings is 1. The molecule has 0 atom stereocenters. The van der Waals surface area contributed by atoms with Gasteiger partial charge in [0.25, 0.3) is 11.8 Å². The molecule has 0 aliphatic carbocycles. The minimum absolute atomic E-state index is 0.0702. The number of H-pyrrole nitrogens is 1. The topological polar surface area (TPSA) is 101 Å². The van der Waals surface area contributed by atoms with Gasteiger partial charge in [-0.2, -0.15) is 0 Å². The van der Waals surface area contributed by atoms with Crippen LogP contribution in [-0.4, -0.2) is 28.8 Å². The molecule has 6 heteroatoms. The van der Waals surface area contributed by atoms with Gasteiger partial charge in [0.2, 0.25) is 0 Å². The number of benzene rings is 1. The number of para-hydroxylation sites is 1. The van der Waals surface area contributed by atoms with Crippen molar-refractivity contribution in [2.75, 3.05) is 7.05 Å². The Morgan fingerprint density at radius 3 is 2.70 bits per heavy atom. The number of aromatic amines is 1. The number of hydrogen-bond acceptors (Lipinski definition) is 3. The van der Waals surface area contributed by atoms with Crippen LogP contribution < -0.4 is 11.1 Å². The molecule has 3 rings (SSSR count). The lowest BCUT2D eigenvalue weighted by molar-refractivity contribution is 0.0959. The second-order valence-electron chi connectivity index (χ2n) is 4.39. The predicted octanol–water partition coefficient (Wildman–Crippen LogP) is 1.17. The largest absolute Gasteiger partial charge is 0.364 e. The van der Waals surface area contributed by atoms with Crippen LogP contribution in [0.25, 0.3) is 21.8 Å². The van der Waals surface area contributed by atoms with Crippen molar-refractivity contribution in [1.82, 2.24) is 15.3 Å². The fourth-order valence-electron chi connectivity index (χ4n) is 2.25. The van der Waals surface area contributed by atoms with E-state index < -0.39 is 5.91 Å². The van der Waals surface area contributed by atoms with Crippen molar-refractivity contribution in [3.63, 3.8) is 0 Å². The smallest absolute Gasteiger partial charge is 0.271 e. The Labute approximate surface area is 114 Å². The number of aromatic nitrogens is 2. The molecule has 0 saturated carbocycles. The van der Waals surface area contributed by atoms with Crippen LogP contribution in [0, 0.1) is 0 Å². The molecule has 2 amide bonds. The first-order valence-electron chi connectivity index (χ1n) is 6.05. The van der Waals surface area contributed by atoms with E-state index in [2.05, 4.69) is 15.3 Å². The summed E-state index contributed by atoms with van der Waals surface area (Å²) in [6, 6.07) is 9.18. The Kier molecular flexibility index (Phi) is 2.64.